The highest BCUT2D eigenvalue weighted by molar-refractivity contribution is 9.08. The summed E-state index contributed by atoms with van der Waals surface area (Å²) in [4.78, 5) is 11.8. The molecule has 31 heavy (non-hydrogen) atoms. The van der Waals surface area contributed by atoms with Crippen LogP contribution in [0.25, 0.3) is 22.3 Å². The Morgan fingerprint density at radius 3 is 2.23 bits per heavy atom. The van der Waals surface area contributed by atoms with E-state index in [0.717, 1.165) is 28.8 Å². The van der Waals surface area contributed by atoms with Gasteiger partial charge in [-0.15, -0.1) is 0 Å². The molecule has 0 atom stereocenters. The first-order valence-electron chi connectivity index (χ1n) is 9.33. The van der Waals surface area contributed by atoms with Gasteiger partial charge in [-0.1, -0.05) is 34.1 Å². The zero-order chi connectivity index (χ0) is 22.8. The van der Waals surface area contributed by atoms with Crippen LogP contribution in [0.1, 0.15) is 27.0 Å². The predicted octanol–water partition coefficient (Wildman–Crippen LogP) is 7.04. The third kappa shape index (κ3) is 4.77. The first-order chi connectivity index (χ1) is 14.7. The van der Waals surface area contributed by atoms with Crippen molar-refractivity contribution in [3.63, 3.8) is 0 Å². The summed E-state index contributed by atoms with van der Waals surface area (Å²) in [6.45, 7) is 1.88. The van der Waals surface area contributed by atoms with Crippen LogP contribution in [0.3, 0.4) is 0 Å². The van der Waals surface area contributed by atoms with Gasteiger partial charge in [0.25, 0.3) is 0 Å². The third-order valence-corrected chi connectivity index (χ3v) is 5.63. The number of ether oxygens (including phenoxy) is 2. The second kappa shape index (κ2) is 9.14. The minimum absolute atomic E-state index is 0.256. The predicted molar refractivity (Wildman–Crippen MR) is 118 cm³/mol. The molecule has 0 bridgehead atoms. The van der Waals surface area contributed by atoms with Crippen LogP contribution in [0.5, 0.6) is 5.75 Å². The second-order valence-electron chi connectivity index (χ2n) is 6.94. The maximum Gasteiger partial charge on any atom is 0.416 e. The van der Waals surface area contributed by atoms with Crippen LogP contribution in [0.15, 0.2) is 54.6 Å². The van der Waals surface area contributed by atoms with Crippen LogP contribution in [-0.2, 0) is 16.2 Å². The summed E-state index contributed by atoms with van der Waals surface area (Å²) in [5.41, 5.74) is 4.19. The lowest BCUT2D eigenvalue weighted by Gasteiger charge is -2.17. The van der Waals surface area contributed by atoms with Crippen LogP contribution >= 0.6 is 15.9 Å². The minimum atomic E-state index is -4.42. The highest BCUT2D eigenvalue weighted by Gasteiger charge is 2.31. The number of alkyl halides is 4. The Kier molecular flexibility index (Phi) is 6.74. The van der Waals surface area contributed by atoms with Gasteiger partial charge in [-0.3, -0.25) is 0 Å². The number of hydrogen-bond acceptors (Lipinski definition) is 3. The monoisotopic (exact) mass is 492 g/mol. The van der Waals surface area contributed by atoms with Crippen molar-refractivity contribution in [3.8, 4) is 28.0 Å². The molecule has 3 nitrogen and oxygen atoms in total. The summed E-state index contributed by atoms with van der Waals surface area (Å²) in [5, 5.41) is 0.256. The Morgan fingerprint density at radius 1 is 0.935 bits per heavy atom. The molecule has 0 heterocycles. The van der Waals surface area contributed by atoms with E-state index in [2.05, 4.69) is 15.9 Å². The standard InChI is InChI=1S/C24H20BrF3O3/c1-14-10-16(23(29)31-3)4-7-19(14)15-5-9-22(30-2)21(12-15)20-8-6-18(24(26,27)28)11-17(20)13-25/h4-12H,13H2,1-3H3. The van der Waals surface area contributed by atoms with E-state index in [0.29, 0.717) is 28.0 Å². The van der Waals surface area contributed by atoms with E-state index in [-0.39, 0.29) is 5.33 Å². The molecule has 0 saturated heterocycles. The van der Waals surface area contributed by atoms with Gasteiger partial charge in [0.15, 0.2) is 0 Å². The molecule has 0 aliphatic heterocycles. The topological polar surface area (TPSA) is 35.5 Å². The zero-order valence-electron chi connectivity index (χ0n) is 17.1. The fourth-order valence-electron chi connectivity index (χ4n) is 3.46. The lowest BCUT2D eigenvalue weighted by molar-refractivity contribution is -0.137. The van der Waals surface area contributed by atoms with Gasteiger partial charge < -0.3 is 9.47 Å². The smallest absolute Gasteiger partial charge is 0.416 e. The average molecular weight is 493 g/mol. The van der Waals surface area contributed by atoms with Gasteiger partial charge in [0.2, 0.25) is 0 Å². The number of rotatable bonds is 5. The summed E-state index contributed by atoms with van der Waals surface area (Å²) in [6.07, 6.45) is -4.42. The van der Waals surface area contributed by atoms with E-state index in [1.54, 1.807) is 18.2 Å². The molecule has 3 aromatic carbocycles. The average Bonchev–Trinajstić information content (AvgIpc) is 2.76. The molecule has 0 spiro atoms. The number of carbonyl (C=O) groups excluding carboxylic acids is 1. The molecule has 0 radical (unpaired) electrons. The van der Waals surface area contributed by atoms with Crippen molar-refractivity contribution in [2.75, 3.05) is 14.2 Å². The first-order valence-corrected chi connectivity index (χ1v) is 10.5. The molecule has 0 fully saturated rings. The molecule has 3 aromatic rings. The van der Waals surface area contributed by atoms with Crippen molar-refractivity contribution in [1.82, 2.24) is 0 Å². The molecular formula is C24H20BrF3O3. The summed E-state index contributed by atoms with van der Waals surface area (Å²) in [7, 11) is 2.85. The van der Waals surface area contributed by atoms with Gasteiger partial charge in [-0.25, -0.2) is 4.79 Å². The van der Waals surface area contributed by atoms with E-state index in [4.69, 9.17) is 9.47 Å². The molecule has 0 unspecified atom stereocenters. The van der Waals surface area contributed by atoms with Gasteiger partial charge in [-0.05, 0) is 71.1 Å². The van der Waals surface area contributed by atoms with Crippen LogP contribution < -0.4 is 4.74 Å². The molecule has 7 heteroatoms. The lowest BCUT2D eigenvalue weighted by Crippen LogP contribution is -2.06. The van der Waals surface area contributed by atoms with Crippen molar-refractivity contribution in [3.05, 3.63) is 76.9 Å². The SMILES string of the molecule is COC(=O)c1ccc(-c2ccc(OC)c(-c3ccc(C(F)(F)F)cc3CBr)c2)c(C)c1. The molecule has 0 amide bonds. The fourth-order valence-corrected chi connectivity index (χ4v) is 3.93. The van der Waals surface area contributed by atoms with Crippen LogP contribution in [-0.4, -0.2) is 20.2 Å². The molecule has 0 aromatic heterocycles. The third-order valence-electron chi connectivity index (χ3n) is 5.02. The Labute approximate surface area is 186 Å². The Morgan fingerprint density at radius 2 is 1.65 bits per heavy atom. The molecule has 0 saturated carbocycles. The number of aryl methyl sites for hydroxylation is 1. The van der Waals surface area contributed by atoms with Crippen molar-refractivity contribution >= 4 is 21.9 Å². The number of halogens is 4. The maximum atomic E-state index is 13.2. The second-order valence-corrected chi connectivity index (χ2v) is 7.50. The normalized spacial score (nSPS) is 11.3. The molecule has 162 valence electrons. The lowest BCUT2D eigenvalue weighted by atomic mass is 9.92. The molecule has 0 N–H and O–H groups in total. The highest BCUT2D eigenvalue weighted by Crippen LogP contribution is 2.40. The van der Waals surface area contributed by atoms with Gasteiger partial charge in [0.1, 0.15) is 5.75 Å². The largest absolute Gasteiger partial charge is 0.496 e. The number of hydrogen-bond donors (Lipinski definition) is 0. The van der Waals surface area contributed by atoms with Crippen molar-refractivity contribution in [2.24, 2.45) is 0 Å². The van der Waals surface area contributed by atoms with E-state index in [1.165, 1.54) is 20.3 Å². The van der Waals surface area contributed by atoms with Crippen LogP contribution in [0.4, 0.5) is 13.2 Å². The first kappa shape index (κ1) is 22.9. The Balaban J connectivity index is 2.14. The van der Waals surface area contributed by atoms with Gasteiger partial charge in [-0.2, -0.15) is 13.2 Å². The molecular weight excluding hydrogens is 473 g/mol. The Bertz CT molecular complexity index is 1120. The van der Waals surface area contributed by atoms with E-state index in [9.17, 15) is 18.0 Å². The van der Waals surface area contributed by atoms with E-state index >= 15 is 0 Å². The van der Waals surface area contributed by atoms with E-state index in [1.807, 2.05) is 25.1 Å². The molecule has 0 aliphatic carbocycles. The van der Waals surface area contributed by atoms with Gasteiger partial charge in [0.05, 0.1) is 25.3 Å². The number of esters is 1. The van der Waals surface area contributed by atoms with Crippen molar-refractivity contribution in [2.45, 2.75) is 18.4 Å². The van der Waals surface area contributed by atoms with Crippen LogP contribution in [0, 0.1) is 6.92 Å². The molecule has 0 aliphatic rings. The minimum Gasteiger partial charge on any atom is -0.496 e. The fraction of sp³-hybridized carbons (Fsp3) is 0.208. The number of carbonyl (C=O) groups is 1. The molecule has 3 rings (SSSR count). The number of methoxy groups -OCH3 is 2. The number of benzene rings is 3. The highest BCUT2D eigenvalue weighted by atomic mass is 79.9. The summed E-state index contributed by atoms with van der Waals surface area (Å²) in [5.74, 6) is 0.131. The van der Waals surface area contributed by atoms with Crippen molar-refractivity contribution in [1.29, 1.82) is 0 Å². The Hall–Kier alpha value is -2.80. The van der Waals surface area contributed by atoms with E-state index < -0.39 is 17.7 Å². The van der Waals surface area contributed by atoms with Gasteiger partial charge in [0, 0.05) is 10.9 Å². The summed E-state index contributed by atoms with van der Waals surface area (Å²) >= 11 is 3.30. The van der Waals surface area contributed by atoms with Gasteiger partial charge >= 0.3 is 12.1 Å². The summed E-state index contributed by atoms with van der Waals surface area (Å²) < 4.78 is 49.7. The zero-order valence-corrected chi connectivity index (χ0v) is 18.7. The maximum absolute atomic E-state index is 13.2. The van der Waals surface area contributed by atoms with Crippen molar-refractivity contribution < 1.29 is 27.4 Å². The quantitative estimate of drug-likeness (QED) is 0.283. The summed E-state index contributed by atoms with van der Waals surface area (Å²) in [6, 6.07) is 14.5. The van der Waals surface area contributed by atoms with Crippen LogP contribution in [0.2, 0.25) is 0 Å².